The predicted octanol–water partition coefficient (Wildman–Crippen LogP) is 2.35. The molecule has 3 rings (SSSR count). The van der Waals surface area contributed by atoms with Gasteiger partial charge in [-0.3, -0.25) is 25.4 Å². The van der Waals surface area contributed by atoms with Crippen LogP contribution in [0.3, 0.4) is 0 Å². The Labute approximate surface area is 146 Å². The van der Waals surface area contributed by atoms with Crippen LogP contribution in [0.4, 0.5) is 4.39 Å². The average Bonchev–Trinajstić information content (AvgIpc) is 3.09. The summed E-state index contributed by atoms with van der Waals surface area (Å²) < 4.78 is 12.9. The molecule has 0 radical (unpaired) electrons. The average molecular weight is 356 g/mol. The van der Waals surface area contributed by atoms with E-state index in [0.29, 0.717) is 10.7 Å². The van der Waals surface area contributed by atoms with Gasteiger partial charge in [0.25, 0.3) is 5.91 Å². The number of rotatable bonds is 4. The third-order valence-electron chi connectivity index (χ3n) is 3.20. The summed E-state index contributed by atoms with van der Waals surface area (Å²) in [6.45, 7) is 0. The van der Waals surface area contributed by atoms with E-state index in [9.17, 15) is 14.0 Å². The van der Waals surface area contributed by atoms with Gasteiger partial charge in [-0.25, -0.2) is 9.37 Å². The van der Waals surface area contributed by atoms with E-state index < -0.39 is 11.8 Å². The molecular formula is C17H13FN4O2S. The summed E-state index contributed by atoms with van der Waals surface area (Å²) in [5, 5.41) is 2.44. The lowest BCUT2D eigenvalue weighted by atomic mass is 10.2. The molecule has 0 unspecified atom stereocenters. The molecule has 2 amide bonds. The monoisotopic (exact) mass is 356 g/mol. The zero-order valence-corrected chi connectivity index (χ0v) is 13.7. The van der Waals surface area contributed by atoms with E-state index in [4.69, 9.17) is 0 Å². The van der Waals surface area contributed by atoms with Crippen LogP contribution in [-0.4, -0.2) is 21.8 Å². The molecule has 0 fully saturated rings. The molecule has 0 spiro atoms. The van der Waals surface area contributed by atoms with Crippen LogP contribution >= 0.6 is 11.3 Å². The number of halogens is 1. The van der Waals surface area contributed by atoms with Crippen molar-refractivity contribution in [3.8, 4) is 10.6 Å². The van der Waals surface area contributed by atoms with Gasteiger partial charge in [-0.15, -0.1) is 11.3 Å². The van der Waals surface area contributed by atoms with Crippen molar-refractivity contribution in [1.29, 1.82) is 0 Å². The molecule has 1 aromatic carbocycles. The van der Waals surface area contributed by atoms with E-state index in [-0.39, 0.29) is 17.9 Å². The molecule has 0 aliphatic rings. The highest BCUT2D eigenvalue weighted by molar-refractivity contribution is 7.13. The van der Waals surface area contributed by atoms with Crippen LogP contribution < -0.4 is 10.9 Å². The lowest BCUT2D eigenvalue weighted by Crippen LogP contribution is -2.42. The second kappa shape index (κ2) is 7.63. The van der Waals surface area contributed by atoms with Gasteiger partial charge in [-0.05, 0) is 36.4 Å². The number of thiazole rings is 1. The van der Waals surface area contributed by atoms with Crippen molar-refractivity contribution in [1.82, 2.24) is 20.8 Å². The molecule has 2 aromatic heterocycles. The van der Waals surface area contributed by atoms with Crippen LogP contribution in [-0.2, 0) is 11.2 Å². The van der Waals surface area contributed by atoms with Crippen LogP contribution in [0, 0.1) is 5.82 Å². The first-order valence-corrected chi connectivity index (χ1v) is 8.20. The molecule has 0 aliphatic heterocycles. The molecular weight excluding hydrogens is 343 g/mol. The molecule has 126 valence electrons. The largest absolute Gasteiger partial charge is 0.288 e. The zero-order chi connectivity index (χ0) is 17.6. The van der Waals surface area contributed by atoms with E-state index >= 15 is 0 Å². The van der Waals surface area contributed by atoms with Gasteiger partial charge in [0.15, 0.2) is 0 Å². The second-order valence-electron chi connectivity index (χ2n) is 5.04. The smallest absolute Gasteiger partial charge is 0.273 e. The maximum atomic E-state index is 12.9. The van der Waals surface area contributed by atoms with Crippen LogP contribution in [0.2, 0.25) is 0 Å². The number of carbonyl (C=O) groups excluding carboxylic acids is 2. The van der Waals surface area contributed by atoms with Crippen molar-refractivity contribution >= 4 is 23.2 Å². The summed E-state index contributed by atoms with van der Waals surface area (Å²) in [5.41, 5.74) is 6.17. The topological polar surface area (TPSA) is 84.0 Å². The number of hydrogen-bond acceptors (Lipinski definition) is 5. The standard InChI is InChI=1S/C17H13FN4O2S/c18-12-6-4-11(5-7-12)17-20-13(10-25-17)9-15(23)21-22-16(24)14-3-1-2-8-19-14/h1-8,10H,9H2,(H,21,23)(H,22,24). The van der Waals surface area contributed by atoms with Crippen molar-refractivity contribution in [2.24, 2.45) is 0 Å². The summed E-state index contributed by atoms with van der Waals surface area (Å²) in [6.07, 6.45) is 1.50. The van der Waals surface area contributed by atoms with Gasteiger partial charge in [-0.2, -0.15) is 0 Å². The van der Waals surface area contributed by atoms with Crippen molar-refractivity contribution in [3.63, 3.8) is 0 Å². The van der Waals surface area contributed by atoms with Gasteiger partial charge in [0.2, 0.25) is 5.91 Å². The van der Waals surface area contributed by atoms with Crippen LogP contribution in [0.15, 0.2) is 54.0 Å². The number of hydrazine groups is 1. The predicted molar refractivity (Wildman–Crippen MR) is 91.1 cm³/mol. The minimum absolute atomic E-state index is 0.0141. The number of benzene rings is 1. The molecule has 2 heterocycles. The number of aromatic nitrogens is 2. The summed E-state index contributed by atoms with van der Waals surface area (Å²) in [5.74, 6) is -1.22. The first-order chi connectivity index (χ1) is 12.1. The molecule has 0 saturated heterocycles. The number of hydrogen-bond donors (Lipinski definition) is 2. The Hall–Kier alpha value is -3.13. The SMILES string of the molecule is O=C(Cc1csc(-c2ccc(F)cc2)n1)NNC(=O)c1ccccn1. The van der Waals surface area contributed by atoms with E-state index in [0.717, 1.165) is 5.56 Å². The first-order valence-electron chi connectivity index (χ1n) is 7.32. The number of nitrogens with one attached hydrogen (secondary N) is 2. The molecule has 6 nitrogen and oxygen atoms in total. The Morgan fingerprint density at radius 2 is 1.88 bits per heavy atom. The third-order valence-corrected chi connectivity index (χ3v) is 4.14. The normalized spacial score (nSPS) is 10.3. The Morgan fingerprint density at radius 1 is 1.08 bits per heavy atom. The van der Waals surface area contributed by atoms with E-state index in [1.54, 1.807) is 29.6 Å². The van der Waals surface area contributed by atoms with Gasteiger partial charge in [0.1, 0.15) is 16.5 Å². The summed E-state index contributed by atoms with van der Waals surface area (Å²) in [6, 6.07) is 10.9. The fraction of sp³-hybridized carbons (Fsp3) is 0.0588. The maximum Gasteiger partial charge on any atom is 0.288 e. The fourth-order valence-electron chi connectivity index (χ4n) is 2.01. The van der Waals surface area contributed by atoms with E-state index in [1.807, 2.05) is 0 Å². The maximum absolute atomic E-state index is 12.9. The number of amides is 2. The molecule has 8 heteroatoms. The van der Waals surface area contributed by atoms with Crippen molar-refractivity contribution in [3.05, 3.63) is 71.2 Å². The Bertz CT molecular complexity index is 881. The number of nitrogens with zero attached hydrogens (tertiary/aromatic N) is 2. The van der Waals surface area contributed by atoms with Crippen LogP contribution in [0.1, 0.15) is 16.2 Å². The Kier molecular flexibility index (Phi) is 5.10. The summed E-state index contributed by atoms with van der Waals surface area (Å²) in [4.78, 5) is 31.9. The first kappa shape index (κ1) is 16.7. The highest BCUT2D eigenvalue weighted by atomic mass is 32.1. The van der Waals surface area contributed by atoms with Gasteiger partial charge in [0, 0.05) is 17.1 Å². The Morgan fingerprint density at radius 3 is 2.60 bits per heavy atom. The van der Waals surface area contributed by atoms with Crippen molar-refractivity contribution < 1.29 is 14.0 Å². The van der Waals surface area contributed by atoms with Gasteiger partial charge < -0.3 is 0 Å². The zero-order valence-electron chi connectivity index (χ0n) is 12.9. The van der Waals surface area contributed by atoms with Crippen molar-refractivity contribution in [2.75, 3.05) is 0 Å². The highest BCUT2D eigenvalue weighted by Crippen LogP contribution is 2.23. The van der Waals surface area contributed by atoms with E-state index in [2.05, 4.69) is 20.8 Å². The fourth-order valence-corrected chi connectivity index (χ4v) is 2.84. The van der Waals surface area contributed by atoms with Crippen molar-refractivity contribution in [2.45, 2.75) is 6.42 Å². The molecule has 0 atom stereocenters. The molecule has 25 heavy (non-hydrogen) atoms. The summed E-state index contributed by atoms with van der Waals surface area (Å²) in [7, 11) is 0. The molecule has 2 N–H and O–H groups in total. The molecule has 0 saturated carbocycles. The third kappa shape index (κ3) is 4.45. The minimum atomic E-state index is -0.501. The molecule has 3 aromatic rings. The van der Waals surface area contributed by atoms with Gasteiger partial charge in [0.05, 0.1) is 12.1 Å². The molecule has 0 aliphatic carbocycles. The van der Waals surface area contributed by atoms with Gasteiger partial charge >= 0.3 is 0 Å². The van der Waals surface area contributed by atoms with Gasteiger partial charge in [-0.1, -0.05) is 6.07 Å². The highest BCUT2D eigenvalue weighted by Gasteiger charge is 2.11. The Balaban J connectivity index is 1.55. The number of carbonyl (C=O) groups is 2. The van der Waals surface area contributed by atoms with Crippen LogP contribution in [0.25, 0.3) is 10.6 Å². The quantitative estimate of drug-likeness (QED) is 0.703. The lowest BCUT2D eigenvalue weighted by Gasteiger charge is -2.05. The van der Waals surface area contributed by atoms with E-state index in [1.165, 1.54) is 35.7 Å². The van der Waals surface area contributed by atoms with Crippen LogP contribution in [0.5, 0.6) is 0 Å². The molecule has 0 bridgehead atoms. The number of pyridine rings is 1. The second-order valence-corrected chi connectivity index (χ2v) is 5.90. The summed E-state index contributed by atoms with van der Waals surface area (Å²) >= 11 is 1.36. The lowest BCUT2D eigenvalue weighted by molar-refractivity contribution is -0.121. The minimum Gasteiger partial charge on any atom is -0.273 e.